The van der Waals surface area contributed by atoms with Gasteiger partial charge in [-0.05, 0) is 31.5 Å². The molecule has 2 rings (SSSR count). The van der Waals surface area contributed by atoms with Gasteiger partial charge in [-0.15, -0.1) is 0 Å². The number of thioether (sulfide) groups is 1. The Bertz CT molecular complexity index is 391. The van der Waals surface area contributed by atoms with E-state index in [1.54, 1.807) is 6.20 Å². The molecule has 4 nitrogen and oxygen atoms in total. The molecule has 0 unspecified atom stereocenters. The Morgan fingerprint density at radius 2 is 2.26 bits per heavy atom. The summed E-state index contributed by atoms with van der Waals surface area (Å²) >= 11 is 1.49. The Morgan fingerprint density at radius 3 is 2.89 bits per heavy atom. The third-order valence-corrected chi connectivity index (χ3v) is 4.33. The van der Waals surface area contributed by atoms with Crippen molar-refractivity contribution in [1.29, 1.82) is 0 Å². The van der Waals surface area contributed by atoms with Crippen LogP contribution in [0.4, 0.5) is 0 Å². The number of carbonyl (C=O) groups is 1. The molecule has 1 N–H and O–H groups in total. The first-order chi connectivity index (χ1) is 9.28. The molecule has 1 aliphatic heterocycles. The number of carbonyl (C=O) groups excluding carboxylic acids is 1. The zero-order valence-corrected chi connectivity index (χ0v) is 12.2. The Hall–Kier alpha value is -1.07. The molecule has 0 bridgehead atoms. The van der Waals surface area contributed by atoms with Gasteiger partial charge in [0, 0.05) is 25.3 Å². The summed E-state index contributed by atoms with van der Waals surface area (Å²) in [5.74, 6) is 0.566. The van der Waals surface area contributed by atoms with Crippen molar-refractivity contribution >= 4 is 17.7 Å². The van der Waals surface area contributed by atoms with E-state index in [4.69, 9.17) is 0 Å². The highest BCUT2D eigenvalue weighted by molar-refractivity contribution is 7.99. The second-order valence-corrected chi connectivity index (χ2v) is 5.73. The average Bonchev–Trinajstić information content (AvgIpc) is 2.47. The molecule has 19 heavy (non-hydrogen) atoms. The number of hydrogen-bond donors (Lipinski definition) is 1. The fraction of sp³-hybridized carbons (Fsp3) is 0.571. The average molecular weight is 279 g/mol. The summed E-state index contributed by atoms with van der Waals surface area (Å²) in [5, 5.41) is 4.02. The summed E-state index contributed by atoms with van der Waals surface area (Å²) in [6, 6.07) is 6.09. The summed E-state index contributed by atoms with van der Waals surface area (Å²) in [7, 11) is 0. The molecule has 5 heteroatoms. The summed E-state index contributed by atoms with van der Waals surface area (Å²) in [6.45, 7) is 5.47. The van der Waals surface area contributed by atoms with Crippen LogP contribution < -0.4 is 5.32 Å². The SMILES string of the molecule is CCN1CCC(NC(=O)CSc2ccccn2)CC1. The van der Waals surface area contributed by atoms with E-state index < -0.39 is 0 Å². The van der Waals surface area contributed by atoms with Crippen molar-refractivity contribution < 1.29 is 4.79 Å². The fourth-order valence-electron chi connectivity index (χ4n) is 2.23. The molecule has 0 spiro atoms. The van der Waals surface area contributed by atoms with Gasteiger partial charge >= 0.3 is 0 Å². The molecule has 0 radical (unpaired) electrons. The lowest BCUT2D eigenvalue weighted by Gasteiger charge is -2.31. The molecule has 1 saturated heterocycles. The van der Waals surface area contributed by atoms with Crippen molar-refractivity contribution in [2.75, 3.05) is 25.4 Å². The second-order valence-electron chi connectivity index (χ2n) is 4.73. The molecule has 1 fully saturated rings. The summed E-state index contributed by atoms with van der Waals surface area (Å²) in [6.07, 6.45) is 3.88. The van der Waals surface area contributed by atoms with Crippen LogP contribution in [-0.4, -0.2) is 47.2 Å². The minimum absolute atomic E-state index is 0.116. The number of hydrogen-bond acceptors (Lipinski definition) is 4. The van der Waals surface area contributed by atoms with Gasteiger partial charge in [0.05, 0.1) is 10.8 Å². The smallest absolute Gasteiger partial charge is 0.230 e. The molecule has 0 saturated carbocycles. The van der Waals surface area contributed by atoms with E-state index in [2.05, 4.69) is 22.1 Å². The number of likely N-dealkylation sites (tertiary alicyclic amines) is 1. The molecule has 1 amide bonds. The topological polar surface area (TPSA) is 45.2 Å². The third kappa shape index (κ3) is 4.84. The predicted molar refractivity (Wildman–Crippen MR) is 78.2 cm³/mol. The number of rotatable bonds is 5. The maximum Gasteiger partial charge on any atom is 0.230 e. The molecule has 1 aromatic rings. The van der Waals surface area contributed by atoms with Crippen molar-refractivity contribution in [3.05, 3.63) is 24.4 Å². The molecule has 1 aliphatic rings. The Balaban J connectivity index is 1.67. The highest BCUT2D eigenvalue weighted by Gasteiger charge is 2.19. The van der Waals surface area contributed by atoms with Crippen LogP contribution in [0.5, 0.6) is 0 Å². The van der Waals surface area contributed by atoms with Crippen molar-refractivity contribution in [2.45, 2.75) is 30.8 Å². The zero-order valence-electron chi connectivity index (χ0n) is 11.3. The third-order valence-electron chi connectivity index (χ3n) is 3.39. The molecule has 104 valence electrons. The number of nitrogens with one attached hydrogen (secondary N) is 1. The van der Waals surface area contributed by atoms with E-state index >= 15 is 0 Å². The maximum atomic E-state index is 11.9. The Labute approximate surface area is 119 Å². The summed E-state index contributed by atoms with van der Waals surface area (Å²) in [4.78, 5) is 18.5. The molecular formula is C14H21N3OS. The van der Waals surface area contributed by atoms with E-state index in [-0.39, 0.29) is 5.91 Å². The first-order valence-electron chi connectivity index (χ1n) is 6.83. The van der Waals surface area contributed by atoms with Crippen LogP contribution in [0.3, 0.4) is 0 Å². The molecule has 2 heterocycles. The van der Waals surface area contributed by atoms with Gasteiger partial charge in [-0.1, -0.05) is 24.8 Å². The van der Waals surface area contributed by atoms with E-state index in [9.17, 15) is 4.79 Å². The molecule has 1 aromatic heterocycles. The van der Waals surface area contributed by atoms with Gasteiger partial charge < -0.3 is 10.2 Å². The molecular weight excluding hydrogens is 258 g/mol. The number of nitrogens with zero attached hydrogens (tertiary/aromatic N) is 2. The van der Waals surface area contributed by atoms with Crippen LogP contribution in [0.15, 0.2) is 29.4 Å². The lowest BCUT2D eigenvalue weighted by molar-refractivity contribution is -0.119. The first kappa shape index (κ1) is 14.3. The van der Waals surface area contributed by atoms with Crippen molar-refractivity contribution in [1.82, 2.24) is 15.2 Å². The summed E-state index contributed by atoms with van der Waals surface area (Å²) in [5.41, 5.74) is 0. The van der Waals surface area contributed by atoms with E-state index in [1.807, 2.05) is 18.2 Å². The normalized spacial score (nSPS) is 17.3. The van der Waals surface area contributed by atoms with Crippen molar-refractivity contribution in [3.8, 4) is 0 Å². The van der Waals surface area contributed by atoms with Gasteiger partial charge in [0.25, 0.3) is 0 Å². The molecule has 0 aliphatic carbocycles. The number of piperidine rings is 1. The number of pyridine rings is 1. The van der Waals surface area contributed by atoms with Crippen LogP contribution in [0.2, 0.25) is 0 Å². The Kier molecular flexibility index (Phi) is 5.66. The van der Waals surface area contributed by atoms with Gasteiger partial charge in [0.1, 0.15) is 0 Å². The van der Waals surface area contributed by atoms with Gasteiger partial charge in [-0.25, -0.2) is 4.98 Å². The minimum atomic E-state index is 0.116. The molecule has 0 aromatic carbocycles. The van der Waals surface area contributed by atoms with Crippen LogP contribution in [0.1, 0.15) is 19.8 Å². The van der Waals surface area contributed by atoms with Crippen LogP contribution in [0, 0.1) is 0 Å². The Morgan fingerprint density at radius 1 is 1.47 bits per heavy atom. The highest BCUT2D eigenvalue weighted by Crippen LogP contribution is 2.14. The largest absolute Gasteiger partial charge is 0.353 e. The minimum Gasteiger partial charge on any atom is -0.353 e. The van der Waals surface area contributed by atoms with Gasteiger partial charge in [0.2, 0.25) is 5.91 Å². The number of amides is 1. The standard InChI is InChI=1S/C14H21N3OS/c1-2-17-9-6-12(7-10-17)16-13(18)11-19-14-5-3-4-8-15-14/h3-5,8,12H,2,6-7,9-11H2,1H3,(H,16,18). The maximum absolute atomic E-state index is 11.9. The van der Waals surface area contributed by atoms with Gasteiger partial charge in [-0.3, -0.25) is 4.79 Å². The lowest BCUT2D eigenvalue weighted by Crippen LogP contribution is -2.45. The quantitative estimate of drug-likeness (QED) is 0.835. The predicted octanol–water partition coefficient (Wildman–Crippen LogP) is 1.77. The number of aromatic nitrogens is 1. The highest BCUT2D eigenvalue weighted by atomic mass is 32.2. The van der Waals surface area contributed by atoms with Crippen molar-refractivity contribution in [2.24, 2.45) is 0 Å². The van der Waals surface area contributed by atoms with E-state index in [0.717, 1.165) is 37.5 Å². The van der Waals surface area contributed by atoms with Crippen LogP contribution in [-0.2, 0) is 4.79 Å². The van der Waals surface area contributed by atoms with E-state index in [1.165, 1.54) is 11.8 Å². The van der Waals surface area contributed by atoms with Gasteiger partial charge in [-0.2, -0.15) is 0 Å². The van der Waals surface area contributed by atoms with Gasteiger partial charge in [0.15, 0.2) is 0 Å². The molecule has 0 atom stereocenters. The first-order valence-corrected chi connectivity index (χ1v) is 7.82. The zero-order chi connectivity index (χ0) is 13.5. The van der Waals surface area contributed by atoms with Crippen LogP contribution >= 0.6 is 11.8 Å². The van der Waals surface area contributed by atoms with Crippen molar-refractivity contribution in [3.63, 3.8) is 0 Å². The van der Waals surface area contributed by atoms with Crippen LogP contribution in [0.25, 0.3) is 0 Å². The monoisotopic (exact) mass is 279 g/mol. The second kappa shape index (κ2) is 7.50. The summed E-state index contributed by atoms with van der Waals surface area (Å²) < 4.78 is 0. The van der Waals surface area contributed by atoms with E-state index in [0.29, 0.717) is 11.8 Å². The fourth-order valence-corrected chi connectivity index (χ4v) is 2.91. The lowest BCUT2D eigenvalue weighted by atomic mass is 10.1.